The van der Waals surface area contributed by atoms with E-state index < -0.39 is 5.60 Å². The zero-order chi connectivity index (χ0) is 17.2. The average molecular weight is 442 g/mol. The van der Waals surface area contributed by atoms with Gasteiger partial charge in [-0.2, -0.15) is 0 Å². The lowest BCUT2D eigenvalue weighted by Crippen LogP contribution is -2.46. The standard InChI is InChI=1S/C16H34N4O2.HI/c1-8-11-20(15(21)22-16(4,5)6)12-10-18-14(17-7)19-13(3)9-2;/h13H,8-12H2,1-7H3,(H2,17,18,19);1H. The number of nitrogens with zero attached hydrogens (tertiary/aromatic N) is 2. The smallest absolute Gasteiger partial charge is 0.410 e. The van der Waals surface area contributed by atoms with Gasteiger partial charge in [-0.1, -0.05) is 13.8 Å². The van der Waals surface area contributed by atoms with E-state index in [1.54, 1.807) is 11.9 Å². The summed E-state index contributed by atoms with van der Waals surface area (Å²) in [6.45, 7) is 13.8. The van der Waals surface area contributed by atoms with Crippen LogP contribution >= 0.6 is 24.0 Å². The molecular weight excluding hydrogens is 407 g/mol. The highest BCUT2D eigenvalue weighted by atomic mass is 127. The van der Waals surface area contributed by atoms with Gasteiger partial charge in [0.2, 0.25) is 0 Å². The quantitative estimate of drug-likeness (QED) is 0.361. The lowest BCUT2D eigenvalue weighted by molar-refractivity contribution is 0.0253. The van der Waals surface area contributed by atoms with Crippen molar-refractivity contribution in [2.24, 2.45) is 4.99 Å². The van der Waals surface area contributed by atoms with Crippen LogP contribution in [0, 0.1) is 0 Å². The number of nitrogens with one attached hydrogen (secondary N) is 2. The second-order valence-corrected chi connectivity index (χ2v) is 6.42. The SMILES string of the molecule is CCCN(CCNC(=NC)NC(C)CC)C(=O)OC(C)(C)C.I. The number of hydrogen-bond donors (Lipinski definition) is 2. The van der Waals surface area contributed by atoms with E-state index in [9.17, 15) is 4.79 Å². The maximum atomic E-state index is 12.1. The Morgan fingerprint density at radius 1 is 1.26 bits per heavy atom. The minimum absolute atomic E-state index is 0. The Morgan fingerprint density at radius 3 is 2.30 bits per heavy atom. The summed E-state index contributed by atoms with van der Waals surface area (Å²) >= 11 is 0. The largest absolute Gasteiger partial charge is 0.444 e. The molecule has 7 heteroatoms. The molecule has 1 atom stereocenters. The van der Waals surface area contributed by atoms with Gasteiger partial charge in [0, 0.05) is 32.7 Å². The molecule has 0 saturated heterocycles. The van der Waals surface area contributed by atoms with Gasteiger partial charge in [-0.3, -0.25) is 4.99 Å². The number of carbonyl (C=O) groups excluding carboxylic acids is 1. The van der Waals surface area contributed by atoms with Gasteiger partial charge in [0.25, 0.3) is 0 Å². The summed E-state index contributed by atoms with van der Waals surface area (Å²) in [6.07, 6.45) is 1.67. The van der Waals surface area contributed by atoms with Gasteiger partial charge in [-0.15, -0.1) is 24.0 Å². The first kappa shape index (κ1) is 24.5. The number of ether oxygens (including phenoxy) is 1. The van der Waals surface area contributed by atoms with E-state index in [0.29, 0.717) is 25.7 Å². The molecule has 0 fully saturated rings. The van der Waals surface area contributed by atoms with Gasteiger partial charge >= 0.3 is 6.09 Å². The van der Waals surface area contributed by atoms with E-state index in [4.69, 9.17) is 4.74 Å². The zero-order valence-corrected chi connectivity index (χ0v) is 18.1. The molecule has 0 aliphatic heterocycles. The minimum atomic E-state index is -0.468. The molecule has 0 aromatic heterocycles. The number of hydrogen-bond acceptors (Lipinski definition) is 3. The number of carbonyl (C=O) groups is 1. The van der Waals surface area contributed by atoms with E-state index in [1.807, 2.05) is 27.7 Å². The van der Waals surface area contributed by atoms with Crippen molar-refractivity contribution in [1.82, 2.24) is 15.5 Å². The number of halogens is 1. The van der Waals surface area contributed by atoms with E-state index in [0.717, 1.165) is 18.8 Å². The molecule has 1 unspecified atom stereocenters. The molecular formula is C16H35IN4O2. The molecule has 0 aromatic carbocycles. The highest BCUT2D eigenvalue weighted by Gasteiger charge is 2.21. The van der Waals surface area contributed by atoms with Crippen LogP contribution in [-0.4, -0.2) is 55.3 Å². The van der Waals surface area contributed by atoms with E-state index in [2.05, 4.69) is 29.5 Å². The maximum Gasteiger partial charge on any atom is 0.410 e. The summed E-state index contributed by atoms with van der Waals surface area (Å²) in [6, 6.07) is 0.365. The lowest BCUT2D eigenvalue weighted by atomic mass is 10.2. The third-order valence-electron chi connectivity index (χ3n) is 3.04. The van der Waals surface area contributed by atoms with Crippen LogP contribution in [-0.2, 0) is 4.74 Å². The van der Waals surface area contributed by atoms with Gasteiger partial charge in [0.05, 0.1) is 0 Å². The molecule has 0 rings (SSSR count). The van der Waals surface area contributed by atoms with Crippen LogP contribution in [0.15, 0.2) is 4.99 Å². The van der Waals surface area contributed by atoms with Gasteiger partial charge in [-0.25, -0.2) is 4.79 Å². The van der Waals surface area contributed by atoms with Gasteiger partial charge in [0.15, 0.2) is 5.96 Å². The lowest BCUT2D eigenvalue weighted by Gasteiger charge is -2.27. The van der Waals surface area contributed by atoms with Crippen molar-refractivity contribution < 1.29 is 9.53 Å². The van der Waals surface area contributed by atoms with E-state index in [-0.39, 0.29) is 30.1 Å². The molecule has 0 spiro atoms. The molecule has 23 heavy (non-hydrogen) atoms. The summed E-state index contributed by atoms with van der Waals surface area (Å²) in [7, 11) is 1.75. The fourth-order valence-corrected chi connectivity index (χ4v) is 1.73. The van der Waals surface area contributed by atoms with Gasteiger partial charge in [-0.05, 0) is 40.5 Å². The highest BCUT2D eigenvalue weighted by Crippen LogP contribution is 2.10. The van der Waals surface area contributed by atoms with Crippen molar-refractivity contribution in [3.63, 3.8) is 0 Å². The molecule has 6 nitrogen and oxygen atoms in total. The number of aliphatic imine (C=N–C) groups is 1. The summed E-state index contributed by atoms with van der Waals surface area (Å²) in [5.74, 6) is 0.759. The van der Waals surface area contributed by atoms with Crippen molar-refractivity contribution in [3.05, 3.63) is 0 Å². The van der Waals surface area contributed by atoms with Crippen molar-refractivity contribution in [3.8, 4) is 0 Å². The minimum Gasteiger partial charge on any atom is -0.444 e. The van der Waals surface area contributed by atoms with Crippen molar-refractivity contribution in [2.75, 3.05) is 26.7 Å². The second kappa shape index (κ2) is 12.7. The average Bonchev–Trinajstić information content (AvgIpc) is 2.42. The Balaban J connectivity index is 0. The summed E-state index contributed by atoms with van der Waals surface area (Å²) in [5, 5.41) is 6.52. The second-order valence-electron chi connectivity index (χ2n) is 6.42. The molecule has 0 saturated carbocycles. The Morgan fingerprint density at radius 2 is 1.87 bits per heavy atom. The Kier molecular flexibility index (Phi) is 13.5. The predicted octanol–water partition coefficient (Wildman–Crippen LogP) is 3.22. The van der Waals surface area contributed by atoms with Crippen molar-refractivity contribution in [1.29, 1.82) is 0 Å². The first-order valence-corrected chi connectivity index (χ1v) is 8.18. The molecule has 0 bridgehead atoms. The third kappa shape index (κ3) is 12.4. The van der Waals surface area contributed by atoms with Crippen LogP contribution in [0.3, 0.4) is 0 Å². The Bertz CT molecular complexity index is 356. The molecule has 0 aliphatic carbocycles. The van der Waals surface area contributed by atoms with Crippen LogP contribution in [0.4, 0.5) is 4.79 Å². The zero-order valence-electron chi connectivity index (χ0n) is 15.7. The van der Waals surface area contributed by atoms with Crippen LogP contribution < -0.4 is 10.6 Å². The molecule has 0 radical (unpaired) electrons. The van der Waals surface area contributed by atoms with Crippen LogP contribution in [0.25, 0.3) is 0 Å². The van der Waals surface area contributed by atoms with Gasteiger partial charge < -0.3 is 20.3 Å². The van der Waals surface area contributed by atoms with Crippen molar-refractivity contribution in [2.45, 2.75) is 66.0 Å². The highest BCUT2D eigenvalue weighted by molar-refractivity contribution is 14.0. The van der Waals surface area contributed by atoms with Crippen LogP contribution in [0.5, 0.6) is 0 Å². The first-order valence-electron chi connectivity index (χ1n) is 8.18. The molecule has 138 valence electrons. The maximum absolute atomic E-state index is 12.1. The fraction of sp³-hybridized carbons (Fsp3) is 0.875. The van der Waals surface area contributed by atoms with E-state index >= 15 is 0 Å². The molecule has 0 aliphatic rings. The number of rotatable bonds is 7. The third-order valence-corrected chi connectivity index (χ3v) is 3.04. The fourth-order valence-electron chi connectivity index (χ4n) is 1.73. The molecule has 2 N–H and O–H groups in total. The monoisotopic (exact) mass is 442 g/mol. The normalized spacial score (nSPS) is 12.9. The first-order chi connectivity index (χ1) is 10.2. The van der Waals surface area contributed by atoms with Crippen LogP contribution in [0.1, 0.15) is 54.4 Å². The molecule has 1 amide bonds. The number of amides is 1. The summed E-state index contributed by atoms with van der Waals surface area (Å²) in [5.41, 5.74) is -0.468. The summed E-state index contributed by atoms with van der Waals surface area (Å²) < 4.78 is 5.43. The van der Waals surface area contributed by atoms with E-state index in [1.165, 1.54) is 0 Å². The Labute approximate surface area is 158 Å². The van der Waals surface area contributed by atoms with Crippen LogP contribution in [0.2, 0.25) is 0 Å². The Hall–Kier alpha value is -0.730. The number of guanidine groups is 1. The van der Waals surface area contributed by atoms with Gasteiger partial charge in [0.1, 0.15) is 5.60 Å². The topological polar surface area (TPSA) is 66.0 Å². The molecule has 0 heterocycles. The predicted molar refractivity (Wildman–Crippen MR) is 108 cm³/mol. The van der Waals surface area contributed by atoms with Crippen molar-refractivity contribution >= 4 is 36.0 Å². The summed E-state index contributed by atoms with van der Waals surface area (Å²) in [4.78, 5) is 18.1. The molecule has 0 aromatic rings.